The Morgan fingerprint density at radius 2 is 1.69 bits per heavy atom. The smallest absolute Gasteiger partial charge is 0.390 e. The SMILES string of the molecule is O=C(c1ccc(Cl)cc1)N1CCN([C@H]2CN(c3nc(C(F)(F)F)nc4cccc(F)c34)C[C@@H]2O)CC1. The van der Waals surface area contributed by atoms with Crippen LogP contribution in [-0.2, 0) is 6.18 Å². The largest absolute Gasteiger partial charge is 0.451 e. The first-order valence-electron chi connectivity index (χ1n) is 11.4. The van der Waals surface area contributed by atoms with E-state index in [1.54, 1.807) is 29.2 Å². The monoisotopic (exact) mass is 523 g/mol. The number of nitrogens with zero attached hydrogens (tertiary/aromatic N) is 5. The van der Waals surface area contributed by atoms with E-state index in [9.17, 15) is 27.5 Å². The number of rotatable bonds is 3. The van der Waals surface area contributed by atoms with Crippen LogP contribution in [0.2, 0.25) is 5.02 Å². The molecule has 0 saturated carbocycles. The van der Waals surface area contributed by atoms with Gasteiger partial charge in [-0.3, -0.25) is 9.69 Å². The zero-order chi connectivity index (χ0) is 25.6. The number of aromatic nitrogens is 2. The molecule has 2 fully saturated rings. The van der Waals surface area contributed by atoms with Crippen LogP contribution in [0.5, 0.6) is 0 Å². The number of halogens is 5. The van der Waals surface area contributed by atoms with Gasteiger partial charge < -0.3 is 14.9 Å². The predicted molar refractivity (Wildman–Crippen MR) is 125 cm³/mol. The number of hydrogen-bond acceptors (Lipinski definition) is 6. The fourth-order valence-corrected chi connectivity index (χ4v) is 4.94. The van der Waals surface area contributed by atoms with Gasteiger partial charge in [-0.2, -0.15) is 13.2 Å². The van der Waals surface area contributed by atoms with Crippen LogP contribution in [0.1, 0.15) is 16.2 Å². The van der Waals surface area contributed by atoms with Crippen LogP contribution in [0, 0.1) is 5.82 Å². The molecule has 1 N–H and O–H groups in total. The number of aliphatic hydroxyl groups excluding tert-OH is 1. The number of fused-ring (bicyclic) bond motifs is 1. The number of aliphatic hydroxyl groups is 1. The minimum atomic E-state index is -4.81. The summed E-state index contributed by atoms with van der Waals surface area (Å²) in [6.07, 6.45) is -5.70. The van der Waals surface area contributed by atoms with Crippen molar-refractivity contribution in [1.29, 1.82) is 0 Å². The van der Waals surface area contributed by atoms with E-state index in [1.165, 1.54) is 17.0 Å². The van der Waals surface area contributed by atoms with E-state index in [0.29, 0.717) is 36.8 Å². The van der Waals surface area contributed by atoms with Crippen LogP contribution in [0.25, 0.3) is 10.9 Å². The van der Waals surface area contributed by atoms with E-state index in [-0.39, 0.29) is 35.7 Å². The Balaban J connectivity index is 1.33. The molecule has 12 heteroatoms. The number of hydrogen-bond donors (Lipinski definition) is 1. The molecule has 2 aromatic carbocycles. The average molecular weight is 524 g/mol. The molecule has 190 valence electrons. The number of benzene rings is 2. The number of alkyl halides is 3. The summed E-state index contributed by atoms with van der Waals surface area (Å²) in [5, 5.41) is 11.2. The Bertz CT molecular complexity index is 1280. The van der Waals surface area contributed by atoms with Crippen molar-refractivity contribution in [1.82, 2.24) is 19.8 Å². The summed E-state index contributed by atoms with van der Waals surface area (Å²) in [4.78, 5) is 25.1. The third kappa shape index (κ3) is 4.70. The summed E-state index contributed by atoms with van der Waals surface area (Å²) in [7, 11) is 0. The molecule has 2 aliphatic rings. The predicted octanol–water partition coefficient (Wildman–Crippen LogP) is 3.45. The molecule has 0 aliphatic carbocycles. The fourth-order valence-electron chi connectivity index (χ4n) is 4.81. The van der Waals surface area contributed by atoms with Crippen molar-refractivity contribution in [2.24, 2.45) is 0 Å². The normalized spacial score (nSPS) is 21.4. The van der Waals surface area contributed by atoms with Crippen molar-refractivity contribution in [3.8, 4) is 0 Å². The van der Waals surface area contributed by atoms with Gasteiger partial charge in [-0.15, -0.1) is 0 Å². The Labute approximate surface area is 208 Å². The fraction of sp³-hybridized carbons (Fsp3) is 0.375. The second kappa shape index (κ2) is 9.45. The lowest BCUT2D eigenvalue weighted by Gasteiger charge is -2.38. The molecule has 36 heavy (non-hydrogen) atoms. The molecular weight excluding hydrogens is 502 g/mol. The maximum atomic E-state index is 14.7. The Morgan fingerprint density at radius 1 is 1.00 bits per heavy atom. The maximum absolute atomic E-state index is 14.7. The number of β-amino-alcohol motifs (C(OH)–C–C–N with tert-alkyl or cyclic N) is 1. The van der Waals surface area contributed by atoms with Gasteiger partial charge in [-0.25, -0.2) is 14.4 Å². The number of amides is 1. The van der Waals surface area contributed by atoms with Gasteiger partial charge in [0.2, 0.25) is 5.82 Å². The van der Waals surface area contributed by atoms with E-state index < -0.39 is 30.0 Å². The van der Waals surface area contributed by atoms with E-state index in [2.05, 4.69) is 9.97 Å². The zero-order valence-electron chi connectivity index (χ0n) is 18.9. The molecule has 1 aromatic heterocycles. The van der Waals surface area contributed by atoms with Crippen LogP contribution < -0.4 is 4.90 Å². The highest BCUT2D eigenvalue weighted by atomic mass is 35.5. The third-order valence-electron chi connectivity index (χ3n) is 6.63. The molecular formula is C24H22ClF4N5O2. The molecule has 0 bridgehead atoms. The minimum absolute atomic E-state index is 0.00761. The number of carbonyl (C=O) groups is 1. The topological polar surface area (TPSA) is 72.8 Å². The van der Waals surface area contributed by atoms with E-state index in [1.807, 2.05) is 4.90 Å². The van der Waals surface area contributed by atoms with E-state index in [4.69, 9.17) is 11.6 Å². The summed E-state index contributed by atoms with van der Waals surface area (Å²) < 4.78 is 55.0. The van der Waals surface area contributed by atoms with Crippen LogP contribution in [-0.4, -0.2) is 82.2 Å². The summed E-state index contributed by atoms with van der Waals surface area (Å²) in [6.45, 7) is 1.95. The molecule has 0 unspecified atom stereocenters. The van der Waals surface area contributed by atoms with Gasteiger partial charge in [0.25, 0.3) is 5.91 Å². The lowest BCUT2D eigenvalue weighted by atomic mass is 10.1. The van der Waals surface area contributed by atoms with Gasteiger partial charge in [0.05, 0.1) is 23.0 Å². The highest BCUT2D eigenvalue weighted by Gasteiger charge is 2.41. The quantitative estimate of drug-likeness (QED) is 0.530. The molecule has 1 amide bonds. The first-order valence-corrected chi connectivity index (χ1v) is 11.7. The maximum Gasteiger partial charge on any atom is 0.451 e. The van der Waals surface area contributed by atoms with Gasteiger partial charge in [0.15, 0.2) is 0 Å². The third-order valence-corrected chi connectivity index (χ3v) is 6.88. The lowest BCUT2D eigenvalue weighted by Crippen LogP contribution is -2.54. The van der Waals surface area contributed by atoms with Crippen molar-refractivity contribution >= 4 is 34.2 Å². The van der Waals surface area contributed by atoms with Crippen molar-refractivity contribution in [3.05, 3.63) is 64.7 Å². The molecule has 0 spiro atoms. The van der Waals surface area contributed by atoms with Crippen LogP contribution in [0.15, 0.2) is 42.5 Å². The van der Waals surface area contributed by atoms with Crippen molar-refractivity contribution in [3.63, 3.8) is 0 Å². The van der Waals surface area contributed by atoms with Crippen molar-refractivity contribution < 1.29 is 27.5 Å². The average Bonchev–Trinajstić information content (AvgIpc) is 3.24. The molecule has 2 saturated heterocycles. The van der Waals surface area contributed by atoms with Crippen LogP contribution >= 0.6 is 11.6 Å². The second-order valence-corrected chi connectivity index (χ2v) is 9.31. The number of carbonyl (C=O) groups excluding carboxylic acids is 1. The van der Waals surface area contributed by atoms with Crippen molar-refractivity contribution in [2.45, 2.75) is 18.3 Å². The molecule has 3 aromatic rings. The van der Waals surface area contributed by atoms with Gasteiger partial charge in [-0.1, -0.05) is 17.7 Å². The Hall–Kier alpha value is -3.02. The molecule has 2 atom stereocenters. The Kier molecular flexibility index (Phi) is 6.48. The minimum Gasteiger partial charge on any atom is -0.390 e. The molecule has 5 rings (SSSR count). The summed E-state index contributed by atoms with van der Waals surface area (Å²) >= 11 is 5.89. The van der Waals surface area contributed by atoms with Gasteiger partial charge in [0, 0.05) is 49.9 Å². The van der Waals surface area contributed by atoms with Crippen LogP contribution in [0.4, 0.5) is 23.4 Å². The second-order valence-electron chi connectivity index (χ2n) is 8.88. The summed E-state index contributed by atoms with van der Waals surface area (Å²) in [5.41, 5.74) is 0.373. The van der Waals surface area contributed by atoms with Gasteiger partial charge in [0.1, 0.15) is 11.6 Å². The zero-order valence-corrected chi connectivity index (χ0v) is 19.7. The van der Waals surface area contributed by atoms with Crippen molar-refractivity contribution in [2.75, 3.05) is 44.2 Å². The first kappa shape index (κ1) is 24.7. The highest BCUT2D eigenvalue weighted by molar-refractivity contribution is 6.30. The summed E-state index contributed by atoms with van der Waals surface area (Å²) in [6, 6.07) is 9.95. The lowest BCUT2D eigenvalue weighted by molar-refractivity contribution is -0.144. The van der Waals surface area contributed by atoms with Gasteiger partial charge >= 0.3 is 6.18 Å². The van der Waals surface area contributed by atoms with E-state index in [0.717, 1.165) is 6.07 Å². The molecule has 2 aliphatic heterocycles. The summed E-state index contributed by atoms with van der Waals surface area (Å²) in [5.74, 6) is -2.41. The van der Waals surface area contributed by atoms with Gasteiger partial charge in [-0.05, 0) is 36.4 Å². The van der Waals surface area contributed by atoms with Crippen LogP contribution in [0.3, 0.4) is 0 Å². The standard InChI is InChI=1S/C24H22ClF4N5O2/c25-15-6-4-14(5-7-15)22(36)33-10-8-32(9-11-33)18-12-34(13-19(18)35)21-20-16(26)2-1-3-17(20)30-23(31-21)24(27,28)29/h1-7,18-19,35H,8-13H2/t18-,19-/m0/s1. The number of anilines is 1. The molecule has 7 nitrogen and oxygen atoms in total. The first-order chi connectivity index (χ1) is 17.1. The number of piperazine rings is 1. The highest BCUT2D eigenvalue weighted by Crippen LogP contribution is 2.35. The molecule has 0 radical (unpaired) electrons. The van der Waals surface area contributed by atoms with E-state index >= 15 is 0 Å². The Morgan fingerprint density at radius 3 is 2.36 bits per heavy atom. The molecule has 3 heterocycles.